The molecule has 0 aromatic carbocycles. The summed E-state index contributed by atoms with van der Waals surface area (Å²) in [6.07, 6.45) is 11.7. The lowest BCUT2D eigenvalue weighted by molar-refractivity contribution is -0.127. The van der Waals surface area contributed by atoms with Crippen LogP contribution in [0.2, 0.25) is 0 Å². The summed E-state index contributed by atoms with van der Waals surface area (Å²) in [5.41, 5.74) is 0. The van der Waals surface area contributed by atoms with Gasteiger partial charge in [-0.3, -0.25) is 4.79 Å². The highest BCUT2D eigenvalue weighted by atomic mass is 16.5. The van der Waals surface area contributed by atoms with Crippen LogP contribution in [0, 0.1) is 12.3 Å². The average Bonchev–Trinajstić information content (AvgIpc) is 2.17. The molecule has 2 heteroatoms. The van der Waals surface area contributed by atoms with Gasteiger partial charge in [0.25, 0.3) is 6.47 Å². The van der Waals surface area contributed by atoms with E-state index in [2.05, 4.69) is 30.9 Å². The molecule has 76 valence electrons. The van der Waals surface area contributed by atoms with Gasteiger partial charge in [-0.15, -0.1) is 6.42 Å². The minimum atomic E-state index is 0.0729. The van der Waals surface area contributed by atoms with Crippen molar-refractivity contribution < 1.29 is 9.53 Å². The molecule has 13 heavy (non-hydrogen) atoms. The molecule has 0 aromatic heterocycles. The normalized spacial score (nSPS) is 7.77. The monoisotopic (exact) mass is 184 g/mol. The molecule has 0 fully saturated rings. The van der Waals surface area contributed by atoms with Gasteiger partial charge < -0.3 is 4.74 Å². The van der Waals surface area contributed by atoms with Crippen LogP contribution in [0.1, 0.15) is 46.0 Å². The third-order valence-corrected chi connectivity index (χ3v) is 1.44. The number of terminal acetylenes is 1. The van der Waals surface area contributed by atoms with Gasteiger partial charge >= 0.3 is 0 Å². The molecular weight excluding hydrogens is 164 g/mol. The number of unbranched alkanes of at least 4 members (excludes halogenated alkanes) is 4. The van der Waals surface area contributed by atoms with Gasteiger partial charge in [-0.2, -0.15) is 0 Å². The van der Waals surface area contributed by atoms with E-state index in [0.717, 1.165) is 0 Å². The predicted molar refractivity (Wildman–Crippen MR) is 55.3 cm³/mol. The highest BCUT2D eigenvalue weighted by Gasteiger charge is 1.80. The van der Waals surface area contributed by atoms with E-state index in [4.69, 9.17) is 0 Å². The molecule has 0 aliphatic heterocycles. The van der Waals surface area contributed by atoms with Crippen molar-refractivity contribution in [3.05, 3.63) is 0 Å². The molecule has 0 aliphatic carbocycles. The molecule has 0 N–H and O–H groups in total. The van der Waals surface area contributed by atoms with Crippen LogP contribution in [-0.2, 0) is 9.53 Å². The van der Waals surface area contributed by atoms with E-state index in [1.54, 1.807) is 0 Å². The SMILES string of the molecule is C#CCOC=O.CCCCCCC. The lowest BCUT2D eigenvalue weighted by Gasteiger charge is -1.90. The molecule has 0 bridgehead atoms. The summed E-state index contributed by atoms with van der Waals surface area (Å²) in [5.74, 6) is 2.12. The maximum atomic E-state index is 9.25. The van der Waals surface area contributed by atoms with Crippen LogP contribution in [-0.4, -0.2) is 13.1 Å². The van der Waals surface area contributed by atoms with Gasteiger partial charge in [-0.25, -0.2) is 0 Å². The Kier molecular flexibility index (Phi) is 19.3. The highest BCUT2D eigenvalue weighted by Crippen LogP contribution is 2.00. The van der Waals surface area contributed by atoms with E-state index in [1.807, 2.05) is 0 Å². The lowest BCUT2D eigenvalue weighted by atomic mass is 10.2. The highest BCUT2D eigenvalue weighted by molar-refractivity contribution is 5.37. The minimum Gasteiger partial charge on any atom is -0.455 e. The smallest absolute Gasteiger partial charge is 0.294 e. The summed E-state index contributed by atoms with van der Waals surface area (Å²) >= 11 is 0. The second-order valence-electron chi connectivity index (χ2n) is 2.67. The number of carbonyl (C=O) groups is 1. The summed E-state index contributed by atoms with van der Waals surface area (Å²) in [4.78, 5) is 9.25. The minimum absolute atomic E-state index is 0.0729. The Morgan fingerprint density at radius 2 is 1.77 bits per heavy atom. The van der Waals surface area contributed by atoms with E-state index in [1.165, 1.54) is 32.1 Å². The number of carbonyl (C=O) groups excluding carboxylic acids is 1. The van der Waals surface area contributed by atoms with E-state index >= 15 is 0 Å². The Balaban J connectivity index is 0. The Morgan fingerprint density at radius 1 is 1.23 bits per heavy atom. The van der Waals surface area contributed by atoms with Crippen LogP contribution in [0.4, 0.5) is 0 Å². The lowest BCUT2D eigenvalue weighted by Crippen LogP contribution is -1.83. The van der Waals surface area contributed by atoms with Gasteiger partial charge in [0, 0.05) is 0 Å². The molecule has 0 spiro atoms. The van der Waals surface area contributed by atoms with Crippen molar-refractivity contribution in [3.8, 4) is 12.3 Å². The van der Waals surface area contributed by atoms with Gasteiger partial charge in [-0.05, 0) is 0 Å². The molecule has 0 saturated heterocycles. The van der Waals surface area contributed by atoms with Gasteiger partial charge in [0.15, 0.2) is 6.61 Å². The topological polar surface area (TPSA) is 26.3 Å². The summed E-state index contributed by atoms with van der Waals surface area (Å²) in [5, 5.41) is 0. The number of rotatable bonds is 6. The zero-order chi connectivity index (χ0) is 10.4. The molecule has 0 aromatic rings. The third kappa shape index (κ3) is 24.7. The molecular formula is C11H20O2. The quantitative estimate of drug-likeness (QED) is 0.360. The van der Waals surface area contributed by atoms with Crippen LogP contribution >= 0.6 is 0 Å². The fraction of sp³-hybridized carbons (Fsp3) is 0.727. The van der Waals surface area contributed by atoms with Crippen molar-refractivity contribution in [2.75, 3.05) is 6.61 Å². The first kappa shape index (κ1) is 14.5. The Hall–Kier alpha value is -0.970. The summed E-state index contributed by atoms with van der Waals surface area (Å²) < 4.78 is 4.07. The zero-order valence-corrected chi connectivity index (χ0v) is 8.71. The van der Waals surface area contributed by atoms with Crippen LogP contribution in [0.25, 0.3) is 0 Å². The molecule has 0 saturated carbocycles. The average molecular weight is 184 g/mol. The van der Waals surface area contributed by atoms with E-state index in [9.17, 15) is 4.79 Å². The summed E-state index contributed by atoms with van der Waals surface area (Å²) in [6.45, 7) is 4.88. The number of hydrogen-bond acceptors (Lipinski definition) is 2. The molecule has 0 atom stereocenters. The summed E-state index contributed by atoms with van der Waals surface area (Å²) in [6, 6.07) is 0. The number of ether oxygens (including phenoxy) is 1. The molecule has 0 radical (unpaired) electrons. The van der Waals surface area contributed by atoms with Gasteiger partial charge in [-0.1, -0.05) is 51.9 Å². The first-order valence-electron chi connectivity index (χ1n) is 4.82. The van der Waals surface area contributed by atoms with Gasteiger partial charge in [0.05, 0.1) is 0 Å². The van der Waals surface area contributed by atoms with Crippen LogP contribution in [0.5, 0.6) is 0 Å². The van der Waals surface area contributed by atoms with Crippen molar-refractivity contribution in [1.82, 2.24) is 0 Å². The zero-order valence-electron chi connectivity index (χ0n) is 8.71. The first-order chi connectivity index (χ1) is 6.33. The largest absolute Gasteiger partial charge is 0.455 e. The second-order valence-corrected chi connectivity index (χ2v) is 2.67. The third-order valence-electron chi connectivity index (χ3n) is 1.44. The van der Waals surface area contributed by atoms with Gasteiger partial charge in [0.1, 0.15) is 0 Å². The van der Waals surface area contributed by atoms with Crippen molar-refractivity contribution in [2.45, 2.75) is 46.0 Å². The van der Waals surface area contributed by atoms with Crippen molar-refractivity contribution >= 4 is 6.47 Å². The fourth-order valence-corrected chi connectivity index (χ4v) is 0.759. The second kappa shape index (κ2) is 17.2. The van der Waals surface area contributed by atoms with Gasteiger partial charge in [0.2, 0.25) is 0 Å². The fourth-order valence-electron chi connectivity index (χ4n) is 0.759. The number of hydrogen-bond donors (Lipinski definition) is 0. The maximum Gasteiger partial charge on any atom is 0.294 e. The maximum absolute atomic E-state index is 9.25. The molecule has 0 heterocycles. The standard InChI is InChI=1S/C7H16.C4H4O2/c1-3-5-7-6-4-2;1-2-3-6-4-5/h3-7H2,1-2H3;1,4H,3H2. The Bertz CT molecular complexity index is 121. The molecule has 2 nitrogen and oxygen atoms in total. The van der Waals surface area contributed by atoms with E-state index in [0.29, 0.717) is 6.47 Å². The van der Waals surface area contributed by atoms with Crippen LogP contribution < -0.4 is 0 Å². The van der Waals surface area contributed by atoms with Crippen molar-refractivity contribution in [2.24, 2.45) is 0 Å². The van der Waals surface area contributed by atoms with Crippen LogP contribution in [0.3, 0.4) is 0 Å². The van der Waals surface area contributed by atoms with E-state index in [-0.39, 0.29) is 6.61 Å². The molecule has 0 amide bonds. The first-order valence-corrected chi connectivity index (χ1v) is 4.82. The summed E-state index contributed by atoms with van der Waals surface area (Å²) in [7, 11) is 0. The molecule has 0 rings (SSSR count). The van der Waals surface area contributed by atoms with Crippen molar-refractivity contribution in [3.63, 3.8) is 0 Å². The molecule has 0 aliphatic rings. The van der Waals surface area contributed by atoms with E-state index < -0.39 is 0 Å². The van der Waals surface area contributed by atoms with Crippen LogP contribution in [0.15, 0.2) is 0 Å². The van der Waals surface area contributed by atoms with Crippen molar-refractivity contribution in [1.29, 1.82) is 0 Å². The Labute approximate surface area is 81.7 Å². The Morgan fingerprint density at radius 3 is 2.00 bits per heavy atom. The molecule has 0 unspecified atom stereocenters. The predicted octanol–water partition coefficient (Wildman–Crippen LogP) is 2.77.